The highest BCUT2D eigenvalue weighted by Gasteiger charge is 1.97. The summed E-state index contributed by atoms with van der Waals surface area (Å²) >= 11 is 0. The summed E-state index contributed by atoms with van der Waals surface area (Å²) in [6.45, 7) is 3.36. The average molecular weight is 272 g/mol. The fraction of sp³-hybridized carbons (Fsp3) is 0.556. The van der Waals surface area contributed by atoms with Gasteiger partial charge in [0.15, 0.2) is 0 Å². The first-order chi connectivity index (χ1) is 9.90. The summed E-state index contributed by atoms with van der Waals surface area (Å²) in [5.74, 6) is 0. The van der Waals surface area contributed by atoms with Crippen LogP contribution in [0, 0.1) is 0 Å². The molecule has 0 amide bonds. The second kappa shape index (κ2) is 8.68. The molecule has 0 radical (unpaired) electrons. The third-order valence-corrected chi connectivity index (χ3v) is 3.91. The predicted octanol–water partition coefficient (Wildman–Crippen LogP) is 5.72. The summed E-state index contributed by atoms with van der Waals surface area (Å²) in [6.07, 6.45) is 13.0. The molecule has 2 heteroatoms. The van der Waals surface area contributed by atoms with Gasteiger partial charge in [0, 0.05) is 29.3 Å². The Bertz CT molecular complexity index is 487. The SMILES string of the molecule is CCCCCCCCCCNc1ccc2[nH]ccc2c1. The summed E-state index contributed by atoms with van der Waals surface area (Å²) in [5.41, 5.74) is 2.45. The molecular weight excluding hydrogens is 244 g/mol. The molecule has 0 aliphatic carbocycles. The fourth-order valence-electron chi connectivity index (χ4n) is 2.65. The second-order valence-corrected chi connectivity index (χ2v) is 5.68. The zero-order chi connectivity index (χ0) is 14.0. The van der Waals surface area contributed by atoms with Crippen molar-refractivity contribution >= 4 is 16.6 Å². The predicted molar refractivity (Wildman–Crippen MR) is 89.4 cm³/mol. The molecule has 2 aromatic rings. The highest BCUT2D eigenvalue weighted by atomic mass is 14.9. The van der Waals surface area contributed by atoms with Crippen LogP contribution in [-0.2, 0) is 0 Å². The lowest BCUT2D eigenvalue weighted by atomic mass is 10.1. The van der Waals surface area contributed by atoms with Crippen LogP contribution in [-0.4, -0.2) is 11.5 Å². The van der Waals surface area contributed by atoms with Crippen molar-refractivity contribution in [2.75, 3.05) is 11.9 Å². The zero-order valence-corrected chi connectivity index (χ0v) is 12.8. The summed E-state index contributed by atoms with van der Waals surface area (Å²) in [4.78, 5) is 3.22. The van der Waals surface area contributed by atoms with Crippen LogP contribution in [0.2, 0.25) is 0 Å². The van der Waals surface area contributed by atoms with Crippen molar-refractivity contribution in [2.45, 2.75) is 58.3 Å². The summed E-state index contributed by atoms with van der Waals surface area (Å²) in [7, 11) is 0. The van der Waals surface area contributed by atoms with E-state index in [-0.39, 0.29) is 0 Å². The summed E-state index contributed by atoms with van der Waals surface area (Å²) < 4.78 is 0. The molecule has 0 atom stereocenters. The maximum Gasteiger partial charge on any atom is 0.0455 e. The molecular formula is C18H28N2. The Hall–Kier alpha value is -1.44. The van der Waals surface area contributed by atoms with Crippen LogP contribution in [0.5, 0.6) is 0 Å². The third kappa shape index (κ3) is 4.92. The normalized spacial score (nSPS) is 11.1. The van der Waals surface area contributed by atoms with Crippen molar-refractivity contribution in [1.29, 1.82) is 0 Å². The van der Waals surface area contributed by atoms with Crippen LogP contribution in [0.25, 0.3) is 10.9 Å². The van der Waals surface area contributed by atoms with Gasteiger partial charge < -0.3 is 10.3 Å². The zero-order valence-electron chi connectivity index (χ0n) is 12.8. The van der Waals surface area contributed by atoms with E-state index < -0.39 is 0 Å². The molecule has 0 saturated carbocycles. The monoisotopic (exact) mass is 272 g/mol. The van der Waals surface area contributed by atoms with Gasteiger partial charge in [0.1, 0.15) is 0 Å². The molecule has 0 aliphatic rings. The highest BCUT2D eigenvalue weighted by molar-refractivity contribution is 5.82. The number of benzene rings is 1. The van der Waals surface area contributed by atoms with Crippen molar-refractivity contribution in [1.82, 2.24) is 4.98 Å². The number of nitrogens with one attached hydrogen (secondary N) is 2. The maximum atomic E-state index is 3.52. The van der Waals surface area contributed by atoms with E-state index in [4.69, 9.17) is 0 Å². The first kappa shape index (κ1) is 15.0. The van der Waals surface area contributed by atoms with Gasteiger partial charge in [-0.2, -0.15) is 0 Å². The summed E-state index contributed by atoms with van der Waals surface area (Å²) in [6, 6.07) is 8.64. The van der Waals surface area contributed by atoms with E-state index in [1.165, 1.54) is 68.0 Å². The van der Waals surface area contributed by atoms with Gasteiger partial charge in [-0.3, -0.25) is 0 Å². The smallest absolute Gasteiger partial charge is 0.0455 e. The molecule has 20 heavy (non-hydrogen) atoms. The van der Waals surface area contributed by atoms with E-state index in [1.807, 2.05) is 6.20 Å². The lowest BCUT2D eigenvalue weighted by Gasteiger charge is -2.06. The molecule has 0 aliphatic heterocycles. The minimum absolute atomic E-state index is 1.09. The van der Waals surface area contributed by atoms with Crippen LogP contribution in [0.3, 0.4) is 0 Å². The van der Waals surface area contributed by atoms with Crippen LogP contribution < -0.4 is 5.32 Å². The number of aromatic nitrogens is 1. The Morgan fingerprint density at radius 3 is 2.45 bits per heavy atom. The van der Waals surface area contributed by atoms with E-state index in [9.17, 15) is 0 Å². The van der Waals surface area contributed by atoms with E-state index in [1.54, 1.807) is 0 Å². The van der Waals surface area contributed by atoms with Gasteiger partial charge in [-0.1, -0.05) is 51.9 Å². The van der Waals surface area contributed by atoms with Crippen molar-refractivity contribution in [3.05, 3.63) is 30.5 Å². The van der Waals surface area contributed by atoms with Gasteiger partial charge in [0.2, 0.25) is 0 Å². The Kier molecular flexibility index (Phi) is 6.49. The van der Waals surface area contributed by atoms with Gasteiger partial charge in [-0.25, -0.2) is 0 Å². The lowest BCUT2D eigenvalue weighted by molar-refractivity contribution is 0.581. The molecule has 0 unspecified atom stereocenters. The molecule has 0 spiro atoms. The Balaban J connectivity index is 1.54. The average Bonchev–Trinajstić information content (AvgIpc) is 2.93. The quantitative estimate of drug-likeness (QED) is 0.532. The molecule has 110 valence electrons. The van der Waals surface area contributed by atoms with Crippen molar-refractivity contribution in [3.8, 4) is 0 Å². The van der Waals surface area contributed by atoms with Crippen LogP contribution in [0.4, 0.5) is 5.69 Å². The van der Waals surface area contributed by atoms with Gasteiger partial charge >= 0.3 is 0 Å². The van der Waals surface area contributed by atoms with Gasteiger partial charge in [0.05, 0.1) is 0 Å². The van der Waals surface area contributed by atoms with Gasteiger partial charge in [-0.15, -0.1) is 0 Å². The van der Waals surface area contributed by atoms with E-state index in [0.717, 1.165) is 6.54 Å². The van der Waals surface area contributed by atoms with E-state index in [0.29, 0.717) is 0 Å². The van der Waals surface area contributed by atoms with Crippen molar-refractivity contribution in [2.24, 2.45) is 0 Å². The first-order valence-corrected chi connectivity index (χ1v) is 8.21. The van der Waals surface area contributed by atoms with Gasteiger partial charge in [0.25, 0.3) is 0 Å². The number of fused-ring (bicyclic) bond motifs is 1. The maximum absolute atomic E-state index is 3.52. The number of H-pyrrole nitrogens is 1. The van der Waals surface area contributed by atoms with Crippen molar-refractivity contribution in [3.63, 3.8) is 0 Å². The summed E-state index contributed by atoms with van der Waals surface area (Å²) in [5, 5.41) is 4.81. The minimum Gasteiger partial charge on any atom is -0.385 e. The fourth-order valence-corrected chi connectivity index (χ4v) is 2.65. The van der Waals surface area contributed by atoms with E-state index >= 15 is 0 Å². The van der Waals surface area contributed by atoms with Crippen LogP contribution in [0.15, 0.2) is 30.5 Å². The number of rotatable bonds is 10. The highest BCUT2D eigenvalue weighted by Crippen LogP contribution is 2.18. The standard InChI is InChI=1S/C18H28N2/c1-2-3-4-5-6-7-8-9-13-19-17-10-11-18-16(15-17)12-14-20-18/h10-12,14-15,19-20H,2-9,13H2,1H3. The minimum atomic E-state index is 1.09. The topological polar surface area (TPSA) is 27.8 Å². The van der Waals surface area contributed by atoms with Crippen molar-refractivity contribution < 1.29 is 0 Å². The Labute approximate surface area is 123 Å². The molecule has 0 bridgehead atoms. The number of aromatic amines is 1. The van der Waals surface area contributed by atoms with Crippen LogP contribution >= 0.6 is 0 Å². The number of hydrogen-bond acceptors (Lipinski definition) is 1. The molecule has 0 saturated heterocycles. The third-order valence-electron chi connectivity index (χ3n) is 3.91. The van der Waals surface area contributed by atoms with E-state index in [2.05, 4.69) is 41.5 Å². The Morgan fingerprint density at radius 1 is 0.900 bits per heavy atom. The van der Waals surface area contributed by atoms with Gasteiger partial charge in [-0.05, 0) is 30.7 Å². The lowest BCUT2D eigenvalue weighted by Crippen LogP contribution is -2.01. The number of unbranched alkanes of at least 4 members (excludes halogenated alkanes) is 7. The number of anilines is 1. The molecule has 2 rings (SSSR count). The molecule has 2 N–H and O–H groups in total. The largest absolute Gasteiger partial charge is 0.385 e. The molecule has 1 heterocycles. The molecule has 0 fully saturated rings. The molecule has 2 nitrogen and oxygen atoms in total. The second-order valence-electron chi connectivity index (χ2n) is 5.68. The molecule has 1 aromatic carbocycles. The first-order valence-electron chi connectivity index (χ1n) is 8.21. The Morgan fingerprint density at radius 2 is 1.65 bits per heavy atom. The number of hydrogen-bond donors (Lipinski definition) is 2. The van der Waals surface area contributed by atoms with Crippen LogP contribution in [0.1, 0.15) is 58.3 Å². The molecule has 1 aromatic heterocycles.